The Hall–Kier alpha value is -0.780. The van der Waals surface area contributed by atoms with Gasteiger partial charge in [-0.25, -0.2) is 0 Å². The van der Waals surface area contributed by atoms with Gasteiger partial charge in [0.15, 0.2) is 11.5 Å². The van der Waals surface area contributed by atoms with Crippen molar-refractivity contribution in [2.24, 2.45) is 5.73 Å². The van der Waals surface area contributed by atoms with Gasteiger partial charge in [0.05, 0.1) is 17.7 Å². The monoisotopic (exact) mass is 328 g/mol. The smallest absolute Gasteiger partial charge is 0.175 e. The lowest BCUT2D eigenvalue weighted by Crippen LogP contribution is -2.28. The van der Waals surface area contributed by atoms with E-state index in [1.165, 1.54) is 0 Å². The van der Waals surface area contributed by atoms with Gasteiger partial charge in [-0.1, -0.05) is 6.92 Å². The van der Waals surface area contributed by atoms with Crippen LogP contribution in [0, 0.1) is 0 Å². The van der Waals surface area contributed by atoms with Crippen LogP contribution in [0.3, 0.4) is 0 Å². The van der Waals surface area contributed by atoms with Crippen molar-refractivity contribution in [2.45, 2.75) is 25.8 Å². The SMILES string of the molecule is CCCNC(CN)c1cc(Br)c2c(c1)OCCCO2. The first kappa shape index (κ1) is 14.6. The lowest BCUT2D eigenvalue weighted by molar-refractivity contribution is 0.296. The zero-order chi connectivity index (χ0) is 13.7. The average molecular weight is 329 g/mol. The normalized spacial score (nSPS) is 15.9. The molecule has 0 saturated heterocycles. The van der Waals surface area contributed by atoms with Crippen LogP contribution in [0.4, 0.5) is 0 Å². The second-order valence-electron chi connectivity index (χ2n) is 4.62. The molecule has 0 amide bonds. The molecule has 1 aromatic rings. The molecular formula is C14H21BrN2O2. The molecular weight excluding hydrogens is 308 g/mol. The van der Waals surface area contributed by atoms with Crippen molar-refractivity contribution in [3.05, 3.63) is 22.2 Å². The molecule has 19 heavy (non-hydrogen) atoms. The van der Waals surface area contributed by atoms with Crippen LogP contribution in [-0.4, -0.2) is 26.3 Å². The van der Waals surface area contributed by atoms with E-state index in [-0.39, 0.29) is 6.04 Å². The first-order valence-corrected chi connectivity index (χ1v) is 7.58. The Labute approximate surface area is 122 Å². The maximum Gasteiger partial charge on any atom is 0.175 e. The number of rotatable bonds is 5. The molecule has 1 unspecified atom stereocenters. The van der Waals surface area contributed by atoms with Gasteiger partial charge in [0.1, 0.15) is 0 Å². The summed E-state index contributed by atoms with van der Waals surface area (Å²) in [6.07, 6.45) is 1.99. The van der Waals surface area contributed by atoms with E-state index >= 15 is 0 Å². The molecule has 3 N–H and O–H groups in total. The maximum atomic E-state index is 5.85. The molecule has 1 heterocycles. The summed E-state index contributed by atoms with van der Waals surface area (Å²) in [6.45, 7) is 5.04. The molecule has 2 rings (SSSR count). The Morgan fingerprint density at radius 1 is 1.37 bits per heavy atom. The van der Waals surface area contributed by atoms with E-state index in [0.717, 1.165) is 40.9 Å². The van der Waals surface area contributed by atoms with Crippen LogP contribution in [-0.2, 0) is 0 Å². The van der Waals surface area contributed by atoms with E-state index < -0.39 is 0 Å². The lowest BCUT2D eigenvalue weighted by atomic mass is 10.1. The second kappa shape index (κ2) is 7.12. The predicted octanol–water partition coefficient (Wildman–Crippen LogP) is 2.61. The number of hydrogen-bond acceptors (Lipinski definition) is 4. The van der Waals surface area contributed by atoms with Crippen molar-refractivity contribution in [3.63, 3.8) is 0 Å². The summed E-state index contributed by atoms with van der Waals surface area (Å²) < 4.78 is 12.4. The number of benzene rings is 1. The van der Waals surface area contributed by atoms with Gasteiger partial charge in [0.25, 0.3) is 0 Å². The average Bonchev–Trinajstić information content (AvgIpc) is 2.65. The fraction of sp³-hybridized carbons (Fsp3) is 0.571. The molecule has 1 atom stereocenters. The second-order valence-corrected chi connectivity index (χ2v) is 5.48. The van der Waals surface area contributed by atoms with Crippen molar-refractivity contribution < 1.29 is 9.47 Å². The minimum Gasteiger partial charge on any atom is -0.490 e. The molecule has 0 saturated carbocycles. The number of nitrogens with one attached hydrogen (secondary N) is 1. The first-order valence-electron chi connectivity index (χ1n) is 6.78. The summed E-state index contributed by atoms with van der Waals surface area (Å²) in [4.78, 5) is 0. The molecule has 1 aliphatic heterocycles. The summed E-state index contributed by atoms with van der Waals surface area (Å²) in [7, 11) is 0. The molecule has 0 aliphatic carbocycles. The number of hydrogen-bond donors (Lipinski definition) is 2. The Morgan fingerprint density at radius 2 is 2.16 bits per heavy atom. The summed E-state index contributed by atoms with van der Waals surface area (Å²) in [5.41, 5.74) is 6.98. The Morgan fingerprint density at radius 3 is 2.89 bits per heavy atom. The molecule has 5 heteroatoms. The van der Waals surface area contributed by atoms with Crippen molar-refractivity contribution >= 4 is 15.9 Å². The van der Waals surface area contributed by atoms with Crippen LogP contribution < -0.4 is 20.5 Å². The number of halogens is 1. The third-order valence-electron chi connectivity index (χ3n) is 3.10. The number of nitrogens with two attached hydrogens (primary N) is 1. The zero-order valence-corrected chi connectivity index (χ0v) is 12.8. The van der Waals surface area contributed by atoms with Gasteiger partial charge in [-0.15, -0.1) is 0 Å². The molecule has 1 aromatic carbocycles. The quantitative estimate of drug-likeness (QED) is 0.872. The van der Waals surface area contributed by atoms with E-state index in [0.29, 0.717) is 19.8 Å². The van der Waals surface area contributed by atoms with Gasteiger partial charge in [0.2, 0.25) is 0 Å². The van der Waals surface area contributed by atoms with Crippen molar-refractivity contribution in [1.82, 2.24) is 5.32 Å². The molecule has 106 valence electrons. The number of ether oxygens (including phenoxy) is 2. The topological polar surface area (TPSA) is 56.5 Å². The highest BCUT2D eigenvalue weighted by molar-refractivity contribution is 9.10. The Kier molecular flexibility index (Phi) is 5.48. The summed E-state index contributed by atoms with van der Waals surface area (Å²) in [6, 6.07) is 4.24. The van der Waals surface area contributed by atoms with Crippen LogP contribution in [0.2, 0.25) is 0 Å². The van der Waals surface area contributed by atoms with Crippen LogP contribution in [0.1, 0.15) is 31.4 Å². The molecule has 0 aromatic heterocycles. The zero-order valence-electron chi connectivity index (χ0n) is 11.2. The molecule has 0 spiro atoms. The molecule has 0 radical (unpaired) electrons. The highest BCUT2D eigenvalue weighted by Crippen LogP contribution is 2.39. The maximum absolute atomic E-state index is 5.85. The van der Waals surface area contributed by atoms with E-state index in [1.807, 2.05) is 6.07 Å². The van der Waals surface area contributed by atoms with E-state index in [4.69, 9.17) is 15.2 Å². The van der Waals surface area contributed by atoms with Crippen LogP contribution in [0.5, 0.6) is 11.5 Å². The van der Waals surface area contributed by atoms with Gasteiger partial charge in [0, 0.05) is 19.0 Å². The van der Waals surface area contributed by atoms with Crippen LogP contribution >= 0.6 is 15.9 Å². The van der Waals surface area contributed by atoms with Gasteiger partial charge in [-0.05, 0) is 46.6 Å². The van der Waals surface area contributed by atoms with E-state index in [9.17, 15) is 0 Å². The van der Waals surface area contributed by atoms with Crippen molar-refractivity contribution in [3.8, 4) is 11.5 Å². The van der Waals surface area contributed by atoms with Crippen molar-refractivity contribution in [1.29, 1.82) is 0 Å². The van der Waals surface area contributed by atoms with Crippen LogP contribution in [0.25, 0.3) is 0 Å². The summed E-state index contributed by atoms with van der Waals surface area (Å²) >= 11 is 3.56. The summed E-state index contributed by atoms with van der Waals surface area (Å²) in [5.74, 6) is 1.60. The van der Waals surface area contributed by atoms with Gasteiger partial charge in [-0.2, -0.15) is 0 Å². The largest absolute Gasteiger partial charge is 0.490 e. The first-order chi connectivity index (χ1) is 9.26. The third kappa shape index (κ3) is 3.61. The minimum atomic E-state index is 0.147. The highest BCUT2D eigenvalue weighted by atomic mass is 79.9. The molecule has 1 aliphatic rings. The summed E-state index contributed by atoms with van der Waals surface area (Å²) in [5, 5.41) is 3.44. The molecule has 4 nitrogen and oxygen atoms in total. The van der Waals surface area contributed by atoms with Gasteiger partial charge >= 0.3 is 0 Å². The minimum absolute atomic E-state index is 0.147. The predicted molar refractivity (Wildman–Crippen MR) is 79.8 cm³/mol. The van der Waals surface area contributed by atoms with E-state index in [1.54, 1.807) is 0 Å². The number of fused-ring (bicyclic) bond motifs is 1. The molecule has 0 bridgehead atoms. The third-order valence-corrected chi connectivity index (χ3v) is 3.69. The Balaban J connectivity index is 2.26. The lowest BCUT2D eigenvalue weighted by Gasteiger charge is -2.19. The molecule has 0 fully saturated rings. The van der Waals surface area contributed by atoms with Gasteiger partial charge in [-0.3, -0.25) is 0 Å². The van der Waals surface area contributed by atoms with Gasteiger partial charge < -0.3 is 20.5 Å². The highest BCUT2D eigenvalue weighted by Gasteiger charge is 2.18. The van der Waals surface area contributed by atoms with E-state index in [2.05, 4.69) is 34.2 Å². The Bertz CT molecular complexity index is 426. The van der Waals surface area contributed by atoms with Crippen LogP contribution in [0.15, 0.2) is 16.6 Å². The van der Waals surface area contributed by atoms with Crippen molar-refractivity contribution in [2.75, 3.05) is 26.3 Å². The fourth-order valence-electron chi connectivity index (χ4n) is 2.11. The standard InChI is InChI=1S/C14H21BrN2O2/c1-2-4-17-12(9-16)10-7-11(15)14-13(8-10)18-5-3-6-19-14/h7-8,12,17H,2-6,9,16H2,1H3. The fourth-order valence-corrected chi connectivity index (χ4v) is 2.68.